The summed E-state index contributed by atoms with van der Waals surface area (Å²) in [4.78, 5) is 10.2. The van der Waals surface area contributed by atoms with Crippen LogP contribution in [-0.2, 0) is 5.41 Å². The van der Waals surface area contributed by atoms with Crippen molar-refractivity contribution in [1.82, 2.24) is 14.6 Å². The van der Waals surface area contributed by atoms with Gasteiger partial charge in [-0.25, -0.2) is 13.9 Å². The van der Waals surface area contributed by atoms with Crippen molar-refractivity contribution < 1.29 is 9.13 Å². The Balaban J connectivity index is 1.48. The Kier molecular flexibility index (Phi) is 4.46. The fourth-order valence-corrected chi connectivity index (χ4v) is 4.16. The standard InChI is InChI=1S/C19H24FN5OS/c1-19(2,3)16-12-25-17(21-16)27-18(22-25)24-9-7-23(8-10-24)14-6-5-13(20)11-15(14)26-4/h5-6,11-12H,7-10H2,1-4H3. The van der Waals surface area contributed by atoms with Gasteiger partial charge in [0.1, 0.15) is 11.6 Å². The van der Waals surface area contributed by atoms with Crippen LogP contribution in [0, 0.1) is 5.82 Å². The van der Waals surface area contributed by atoms with Crippen molar-refractivity contribution in [2.75, 3.05) is 43.1 Å². The molecule has 3 aromatic rings. The average molecular weight is 390 g/mol. The second-order valence-corrected chi connectivity index (χ2v) is 8.71. The minimum Gasteiger partial charge on any atom is -0.494 e. The Morgan fingerprint density at radius 2 is 1.81 bits per heavy atom. The van der Waals surface area contributed by atoms with Crippen molar-refractivity contribution in [2.24, 2.45) is 0 Å². The number of halogens is 1. The van der Waals surface area contributed by atoms with Gasteiger partial charge in [-0.15, -0.1) is 5.10 Å². The predicted octanol–water partition coefficient (Wildman–Crippen LogP) is 3.56. The third kappa shape index (κ3) is 3.45. The number of benzene rings is 1. The maximum Gasteiger partial charge on any atom is 0.214 e. The first-order valence-corrected chi connectivity index (χ1v) is 9.87. The van der Waals surface area contributed by atoms with Crippen LogP contribution in [0.25, 0.3) is 4.96 Å². The van der Waals surface area contributed by atoms with Crippen molar-refractivity contribution in [1.29, 1.82) is 0 Å². The van der Waals surface area contributed by atoms with E-state index in [1.807, 2.05) is 10.7 Å². The predicted molar refractivity (Wildman–Crippen MR) is 107 cm³/mol. The van der Waals surface area contributed by atoms with Crippen molar-refractivity contribution in [2.45, 2.75) is 26.2 Å². The number of fused-ring (bicyclic) bond motifs is 1. The molecule has 1 fully saturated rings. The second-order valence-electron chi connectivity index (χ2n) is 7.78. The number of anilines is 2. The van der Waals surface area contributed by atoms with Gasteiger partial charge in [-0.2, -0.15) is 0 Å². The summed E-state index contributed by atoms with van der Waals surface area (Å²) in [6, 6.07) is 4.70. The van der Waals surface area contributed by atoms with Crippen LogP contribution in [-0.4, -0.2) is 47.9 Å². The molecule has 1 aromatic carbocycles. The first kappa shape index (κ1) is 18.0. The summed E-state index contributed by atoms with van der Waals surface area (Å²) in [5, 5.41) is 5.71. The number of ether oxygens (including phenoxy) is 1. The summed E-state index contributed by atoms with van der Waals surface area (Å²) < 4.78 is 20.7. The zero-order valence-electron chi connectivity index (χ0n) is 16.1. The maximum absolute atomic E-state index is 13.4. The van der Waals surface area contributed by atoms with E-state index < -0.39 is 0 Å². The lowest BCUT2D eigenvalue weighted by molar-refractivity contribution is 0.410. The Morgan fingerprint density at radius 1 is 1.11 bits per heavy atom. The van der Waals surface area contributed by atoms with Crippen LogP contribution in [0.15, 0.2) is 24.4 Å². The summed E-state index contributed by atoms with van der Waals surface area (Å²) >= 11 is 1.62. The number of hydrogen-bond donors (Lipinski definition) is 0. The molecule has 2 aromatic heterocycles. The van der Waals surface area contributed by atoms with Gasteiger partial charge in [0.15, 0.2) is 0 Å². The molecule has 0 atom stereocenters. The molecule has 4 rings (SSSR count). The van der Waals surface area contributed by atoms with E-state index in [1.54, 1.807) is 24.5 Å². The number of rotatable bonds is 3. The number of aromatic nitrogens is 3. The molecule has 27 heavy (non-hydrogen) atoms. The Bertz CT molecular complexity index is 921. The van der Waals surface area contributed by atoms with Crippen molar-refractivity contribution >= 4 is 27.1 Å². The van der Waals surface area contributed by atoms with Crippen LogP contribution in [0.4, 0.5) is 15.2 Å². The minimum absolute atomic E-state index is 0.0213. The van der Waals surface area contributed by atoms with Crippen LogP contribution in [0.1, 0.15) is 26.5 Å². The molecule has 0 unspecified atom stereocenters. The van der Waals surface area contributed by atoms with Gasteiger partial charge in [0, 0.05) is 37.7 Å². The summed E-state index contributed by atoms with van der Waals surface area (Å²) in [5.74, 6) is 0.292. The van der Waals surface area contributed by atoms with E-state index in [2.05, 4.69) is 30.6 Å². The highest BCUT2D eigenvalue weighted by molar-refractivity contribution is 7.20. The first-order chi connectivity index (χ1) is 12.8. The summed E-state index contributed by atoms with van der Waals surface area (Å²) in [5.41, 5.74) is 2.01. The highest BCUT2D eigenvalue weighted by Gasteiger charge is 2.24. The SMILES string of the molecule is COc1cc(F)ccc1N1CCN(c2nn3cc(C(C)(C)C)nc3s2)CC1. The molecule has 0 saturated carbocycles. The van der Waals surface area contributed by atoms with Gasteiger partial charge in [0.25, 0.3) is 0 Å². The fraction of sp³-hybridized carbons (Fsp3) is 0.474. The quantitative estimate of drug-likeness (QED) is 0.685. The Morgan fingerprint density at radius 3 is 2.44 bits per heavy atom. The van der Waals surface area contributed by atoms with Crippen molar-refractivity contribution in [3.8, 4) is 5.75 Å². The zero-order valence-corrected chi connectivity index (χ0v) is 16.9. The van der Waals surface area contributed by atoms with Gasteiger partial charge < -0.3 is 14.5 Å². The number of nitrogens with zero attached hydrogens (tertiary/aromatic N) is 5. The molecule has 0 aliphatic carbocycles. The molecule has 0 spiro atoms. The monoisotopic (exact) mass is 389 g/mol. The van der Waals surface area contributed by atoms with Crippen molar-refractivity contribution in [3.05, 3.63) is 35.9 Å². The largest absolute Gasteiger partial charge is 0.494 e. The van der Waals surface area contributed by atoms with Crippen LogP contribution in [0.5, 0.6) is 5.75 Å². The highest BCUT2D eigenvalue weighted by Crippen LogP contribution is 2.32. The van der Waals surface area contributed by atoms with Gasteiger partial charge in [-0.05, 0) is 12.1 Å². The number of imidazole rings is 1. The Labute approximate surface area is 162 Å². The number of hydrogen-bond acceptors (Lipinski definition) is 6. The lowest BCUT2D eigenvalue weighted by atomic mass is 9.93. The molecule has 0 N–H and O–H groups in total. The highest BCUT2D eigenvalue weighted by atomic mass is 32.1. The number of methoxy groups -OCH3 is 1. The molecule has 1 saturated heterocycles. The van der Waals surface area contributed by atoms with E-state index >= 15 is 0 Å². The van der Waals surface area contributed by atoms with Crippen LogP contribution < -0.4 is 14.5 Å². The third-order valence-electron chi connectivity index (χ3n) is 4.83. The van der Waals surface area contributed by atoms with Gasteiger partial charge >= 0.3 is 0 Å². The van der Waals surface area contributed by atoms with E-state index in [1.165, 1.54) is 12.1 Å². The van der Waals surface area contributed by atoms with Crippen molar-refractivity contribution in [3.63, 3.8) is 0 Å². The van der Waals surface area contributed by atoms with E-state index in [0.717, 1.165) is 47.7 Å². The molecule has 8 heteroatoms. The summed E-state index contributed by atoms with van der Waals surface area (Å²) in [6.45, 7) is 9.83. The van der Waals surface area contributed by atoms with Crippen LogP contribution in [0.2, 0.25) is 0 Å². The summed E-state index contributed by atoms with van der Waals surface area (Å²) in [7, 11) is 1.58. The van der Waals surface area contributed by atoms with Crippen LogP contribution in [0.3, 0.4) is 0 Å². The molecule has 144 valence electrons. The Hall–Kier alpha value is -2.35. The van der Waals surface area contributed by atoms with E-state index in [-0.39, 0.29) is 11.2 Å². The first-order valence-electron chi connectivity index (χ1n) is 9.05. The topological polar surface area (TPSA) is 45.9 Å². The molecule has 1 aliphatic heterocycles. The fourth-order valence-electron chi connectivity index (χ4n) is 3.23. The lowest BCUT2D eigenvalue weighted by Crippen LogP contribution is -2.46. The lowest BCUT2D eigenvalue weighted by Gasteiger charge is -2.36. The number of piperazine rings is 1. The molecule has 0 bridgehead atoms. The van der Waals surface area contributed by atoms with Gasteiger partial charge in [0.05, 0.1) is 24.7 Å². The average Bonchev–Trinajstić information content (AvgIpc) is 3.21. The smallest absolute Gasteiger partial charge is 0.214 e. The second kappa shape index (κ2) is 6.67. The normalized spacial score (nSPS) is 15.6. The zero-order chi connectivity index (χ0) is 19.2. The molecule has 1 aliphatic rings. The van der Waals surface area contributed by atoms with E-state index in [9.17, 15) is 4.39 Å². The van der Waals surface area contributed by atoms with Gasteiger partial charge in [-0.3, -0.25) is 0 Å². The van der Waals surface area contributed by atoms with Gasteiger partial charge in [-0.1, -0.05) is 32.1 Å². The maximum atomic E-state index is 13.4. The molecular weight excluding hydrogens is 365 g/mol. The molecular formula is C19H24FN5OS. The molecule has 0 radical (unpaired) electrons. The third-order valence-corrected chi connectivity index (χ3v) is 5.82. The molecule has 3 heterocycles. The van der Waals surface area contributed by atoms with Gasteiger partial charge in [0.2, 0.25) is 10.1 Å². The molecule has 0 amide bonds. The molecule has 6 nitrogen and oxygen atoms in total. The van der Waals surface area contributed by atoms with E-state index in [4.69, 9.17) is 14.8 Å². The minimum atomic E-state index is -0.282. The summed E-state index contributed by atoms with van der Waals surface area (Å²) in [6.07, 6.45) is 2.02. The van der Waals surface area contributed by atoms with Crippen LogP contribution >= 0.6 is 11.3 Å². The van der Waals surface area contributed by atoms with E-state index in [0.29, 0.717) is 5.75 Å².